The predicted octanol–water partition coefficient (Wildman–Crippen LogP) is 2.91. The molecule has 1 heterocycles. The number of amides is 1. The molecule has 10 nitrogen and oxygen atoms in total. The summed E-state index contributed by atoms with van der Waals surface area (Å²) in [6, 6.07) is 15.4. The fourth-order valence-electron chi connectivity index (χ4n) is 2.75. The van der Waals surface area contributed by atoms with Gasteiger partial charge in [-0.05, 0) is 48.0 Å². The van der Waals surface area contributed by atoms with E-state index in [2.05, 4.69) is 15.4 Å². The quantitative estimate of drug-likeness (QED) is 0.169. The lowest BCUT2D eigenvalue weighted by Gasteiger charge is -2.07. The average Bonchev–Trinajstić information content (AvgIpc) is 3.34. The van der Waals surface area contributed by atoms with E-state index in [1.165, 1.54) is 36.6 Å². The third kappa shape index (κ3) is 7.30. The van der Waals surface area contributed by atoms with E-state index in [0.29, 0.717) is 30.1 Å². The standard InChI is InChI=1S/C22H22N4O6S/c27-22(24-14-13-23-18-6-8-19(9-7-18)26(28)29)12-5-17-3-10-21(11-4-17)33(30,31)25-16-20-2-1-15-32-20/h1-12,15,23,25H,13-14,16H2,(H,24,27)/b12-5+. The van der Waals surface area contributed by atoms with E-state index in [-0.39, 0.29) is 23.0 Å². The summed E-state index contributed by atoms with van der Waals surface area (Å²) in [7, 11) is -3.68. The minimum Gasteiger partial charge on any atom is -0.468 e. The summed E-state index contributed by atoms with van der Waals surface area (Å²) in [5.41, 5.74) is 1.38. The smallest absolute Gasteiger partial charge is 0.269 e. The molecule has 1 amide bonds. The lowest BCUT2D eigenvalue weighted by molar-refractivity contribution is -0.384. The second kappa shape index (κ2) is 11.1. The number of sulfonamides is 1. The second-order valence-electron chi connectivity index (χ2n) is 6.83. The first-order chi connectivity index (χ1) is 15.8. The molecule has 0 bridgehead atoms. The zero-order chi connectivity index (χ0) is 23.7. The number of hydrogen-bond acceptors (Lipinski definition) is 7. The van der Waals surface area contributed by atoms with Crippen LogP contribution in [0.4, 0.5) is 11.4 Å². The molecule has 0 radical (unpaired) electrons. The van der Waals surface area contributed by atoms with Gasteiger partial charge in [0.1, 0.15) is 5.76 Å². The number of benzene rings is 2. The fraction of sp³-hybridized carbons (Fsp3) is 0.136. The molecule has 0 aliphatic carbocycles. The maximum absolute atomic E-state index is 12.3. The Morgan fingerprint density at radius 2 is 1.76 bits per heavy atom. The Kier molecular flexibility index (Phi) is 7.95. The molecule has 172 valence electrons. The zero-order valence-corrected chi connectivity index (χ0v) is 18.2. The van der Waals surface area contributed by atoms with Crippen LogP contribution in [0.3, 0.4) is 0 Å². The molecule has 0 aliphatic heterocycles. The van der Waals surface area contributed by atoms with Gasteiger partial charge >= 0.3 is 0 Å². The number of nitrogens with zero attached hydrogens (tertiary/aromatic N) is 1. The van der Waals surface area contributed by atoms with Crippen LogP contribution in [0.15, 0.2) is 82.3 Å². The number of anilines is 1. The van der Waals surface area contributed by atoms with E-state index >= 15 is 0 Å². The normalized spacial score (nSPS) is 11.4. The van der Waals surface area contributed by atoms with Crippen molar-refractivity contribution in [1.29, 1.82) is 0 Å². The van der Waals surface area contributed by atoms with Crippen molar-refractivity contribution in [2.45, 2.75) is 11.4 Å². The Labute approximate surface area is 190 Å². The molecular weight excluding hydrogens is 448 g/mol. The lowest BCUT2D eigenvalue weighted by atomic mass is 10.2. The summed E-state index contributed by atoms with van der Waals surface area (Å²) in [6.07, 6.45) is 4.40. The maximum atomic E-state index is 12.3. The summed E-state index contributed by atoms with van der Waals surface area (Å²) in [5, 5.41) is 16.4. The van der Waals surface area contributed by atoms with Gasteiger partial charge in [-0.3, -0.25) is 14.9 Å². The van der Waals surface area contributed by atoms with E-state index < -0.39 is 14.9 Å². The number of furan rings is 1. The third-order valence-electron chi connectivity index (χ3n) is 4.47. The van der Waals surface area contributed by atoms with Crippen LogP contribution in [-0.2, 0) is 21.4 Å². The van der Waals surface area contributed by atoms with Crippen molar-refractivity contribution in [3.8, 4) is 0 Å². The van der Waals surface area contributed by atoms with Crippen LogP contribution in [0.1, 0.15) is 11.3 Å². The van der Waals surface area contributed by atoms with Crippen LogP contribution in [0.2, 0.25) is 0 Å². The van der Waals surface area contributed by atoms with E-state index in [1.807, 2.05) is 0 Å². The van der Waals surface area contributed by atoms with E-state index in [1.54, 1.807) is 42.5 Å². The summed E-state index contributed by atoms with van der Waals surface area (Å²) >= 11 is 0. The summed E-state index contributed by atoms with van der Waals surface area (Å²) in [4.78, 5) is 22.2. The zero-order valence-electron chi connectivity index (χ0n) is 17.4. The molecule has 0 aliphatic rings. The van der Waals surface area contributed by atoms with Crippen LogP contribution in [0.5, 0.6) is 0 Å². The highest BCUT2D eigenvalue weighted by molar-refractivity contribution is 7.89. The van der Waals surface area contributed by atoms with Crippen molar-refractivity contribution in [2.75, 3.05) is 18.4 Å². The van der Waals surface area contributed by atoms with Crippen molar-refractivity contribution in [3.63, 3.8) is 0 Å². The SMILES string of the molecule is O=C(/C=C/c1ccc(S(=O)(=O)NCc2ccco2)cc1)NCCNc1ccc([N+](=O)[O-])cc1. The van der Waals surface area contributed by atoms with E-state index in [9.17, 15) is 23.3 Å². The predicted molar refractivity (Wildman–Crippen MR) is 123 cm³/mol. The molecule has 11 heteroatoms. The highest BCUT2D eigenvalue weighted by atomic mass is 32.2. The minimum absolute atomic E-state index is 0.00904. The first-order valence-electron chi connectivity index (χ1n) is 9.90. The summed E-state index contributed by atoms with van der Waals surface area (Å²) in [6.45, 7) is 0.837. The van der Waals surface area contributed by atoms with Crippen LogP contribution < -0.4 is 15.4 Å². The van der Waals surface area contributed by atoms with Gasteiger partial charge in [-0.1, -0.05) is 12.1 Å². The third-order valence-corrected chi connectivity index (χ3v) is 5.88. The van der Waals surface area contributed by atoms with E-state index in [0.717, 1.165) is 0 Å². The Hall–Kier alpha value is -3.96. The highest BCUT2D eigenvalue weighted by Gasteiger charge is 2.14. The molecule has 3 rings (SSSR count). The van der Waals surface area contributed by atoms with Crippen molar-refractivity contribution < 1.29 is 22.6 Å². The average molecular weight is 471 g/mol. The van der Waals surface area contributed by atoms with Crippen LogP contribution in [0, 0.1) is 10.1 Å². The van der Waals surface area contributed by atoms with Crippen LogP contribution >= 0.6 is 0 Å². The number of nitro benzene ring substituents is 1. The first-order valence-corrected chi connectivity index (χ1v) is 11.4. The van der Waals surface area contributed by atoms with Gasteiger partial charge in [-0.25, -0.2) is 13.1 Å². The summed E-state index contributed by atoms with van der Waals surface area (Å²) in [5.74, 6) is 0.199. The monoisotopic (exact) mass is 470 g/mol. The van der Waals surface area contributed by atoms with Gasteiger partial charge in [-0.15, -0.1) is 0 Å². The molecule has 0 fully saturated rings. The van der Waals surface area contributed by atoms with Crippen LogP contribution in [0.25, 0.3) is 6.08 Å². The number of hydrogen-bond donors (Lipinski definition) is 3. The van der Waals surface area contributed by atoms with Crippen molar-refractivity contribution in [1.82, 2.24) is 10.0 Å². The lowest BCUT2D eigenvalue weighted by Crippen LogP contribution is -2.27. The maximum Gasteiger partial charge on any atom is 0.269 e. The van der Waals surface area contributed by atoms with Crippen molar-refractivity contribution in [3.05, 3.63) is 94.4 Å². The molecule has 2 aromatic carbocycles. The van der Waals surface area contributed by atoms with Gasteiger partial charge < -0.3 is 15.1 Å². The second-order valence-corrected chi connectivity index (χ2v) is 8.60. The molecule has 0 saturated carbocycles. The molecule has 0 atom stereocenters. The van der Waals surface area contributed by atoms with E-state index in [4.69, 9.17) is 4.42 Å². The number of carbonyl (C=O) groups excluding carboxylic acids is 1. The van der Waals surface area contributed by atoms with Gasteiger partial charge in [0.2, 0.25) is 15.9 Å². The Morgan fingerprint density at radius 3 is 2.39 bits per heavy atom. The summed E-state index contributed by atoms with van der Waals surface area (Å²) < 4.78 is 32.2. The Balaban J connectivity index is 1.42. The molecule has 33 heavy (non-hydrogen) atoms. The molecular formula is C22H22N4O6S. The fourth-order valence-corrected chi connectivity index (χ4v) is 3.74. The van der Waals surface area contributed by atoms with Crippen molar-refractivity contribution in [2.24, 2.45) is 0 Å². The van der Waals surface area contributed by atoms with Gasteiger partial charge in [0.25, 0.3) is 5.69 Å². The van der Waals surface area contributed by atoms with Crippen LogP contribution in [-0.4, -0.2) is 32.3 Å². The largest absolute Gasteiger partial charge is 0.468 e. The number of nitrogens with one attached hydrogen (secondary N) is 3. The minimum atomic E-state index is -3.68. The topological polar surface area (TPSA) is 144 Å². The van der Waals surface area contributed by atoms with Crippen molar-refractivity contribution >= 4 is 33.4 Å². The Bertz CT molecular complexity index is 1200. The highest BCUT2D eigenvalue weighted by Crippen LogP contribution is 2.15. The number of non-ortho nitro benzene ring substituents is 1. The number of rotatable bonds is 11. The van der Waals surface area contributed by atoms with Gasteiger partial charge in [0.05, 0.1) is 22.6 Å². The van der Waals surface area contributed by atoms with Gasteiger partial charge in [-0.2, -0.15) is 0 Å². The number of carbonyl (C=O) groups is 1. The molecule has 0 spiro atoms. The van der Waals surface area contributed by atoms with Gasteiger partial charge in [0.15, 0.2) is 0 Å². The van der Waals surface area contributed by atoms with Gasteiger partial charge in [0, 0.05) is 37.0 Å². The molecule has 3 N–H and O–H groups in total. The molecule has 3 aromatic rings. The molecule has 0 saturated heterocycles. The molecule has 0 unspecified atom stereocenters. The Morgan fingerprint density at radius 1 is 1.03 bits per heavy atom. The number of nitro groups is 1. The first kappa shape index (κ1) is 23.7. The molecule has 1 aromatic heterocycles.